The molecule has 0 radical (unpaired) electrons. The molecular weight excluding hydrogens is 166 g/mol. The molecule has 0 unspecified atom stereocenters. The van der Waals surface area contributed by atoms with Gasteiger partial charge < -0.3 is 9.15 Å². The maximum Gasteiger partial charge on any atom is 0.197 e. The monoisotopic (exact) mass is 181 g/mol. The molecule has 2 rings (SSSR count). The van der Waals surface area contributed by atoms with Gasteiger partial charge >= 0.3 is 0 Å². The van der Waals surface area contributed by atoms with E-state index in [0.29, 0.717) is 5.92 Å². The fraction of sp³-hybridized carbons (Fsp3) is 0.700. The Morgan fingerprint density at radius 3 is 2.46 bits per heavy atom. The van der Waals surface area contributed by atoms with Crippen molar-refractivity contribution in [1.29, 1.82) is 0 Å². The van der Waals surface area contributed by atoms with Crippen molar-refractivity contribution in [3.8, 4) is 0 Å². The second-order valence-corrected chi connectivity index (χ2v) is 3.58. The molecule has 0 atom stereocenters. The molecule has 0 N–H and O–H groups in total. The smallest absolute Gasteiger partial charge is 0.197 e. The lowest BCUT2D eigenvalue weighted by Crippen LogP contribution is -2.14. The van der Waals surface area contributed by atoms with Gasteiger partial charge in [-0.05, 0) is 26.7 Å². The summed E-state index contributed by atoms with van der Waals surface area (Å²) < 4.78 is 10.9. The van der Waals surface area contributed by atoms with Gasteiger partial charge in [-0.15, -0.1) is 0 Å². The summed E-state index contributed by atoms with van der Waals surface area (Å²) in [6.07, 6.45) is 2.08. The summed E-state index contributed by atoms with van der Waals surface area (Å²) in [5, 5.41) is 0. The average molecular weight is 181 g/mol. The Hall–Kier alpha value is -0.830. The number of rotatable bonds is 1. The van der Waals surface area contributed by atoms with E-state index in [1.54, 1.807) is 0 Å². The van der Waals surface area contributed by atoms with E-state index in [-0.39, 0.29) is 0 Å². The highest BCUT2D eigenvalue weighted by atomic mass is 16.5. The zero-order valence-corrected chi connectivity index (χ0v) is 8.17. The predicted molar refractivity (Wildman–Crippen MR) is 48.8 cm³/mol. The van der Waals surface area contributed by atoms with Crippen LogP contribution in [0.2, 0.25) is 0 Å². The van der Waals surface area contributed by atoms with Crippen LogP contribution in [0.1, 0.15) is 36.1 Å². The van der Waals surface area contributed by atoms with E-state index >= 15 is 0 Å². The molecule has 1 aromatic rings. The van der Waals surface area contributed by atoms with Crippen molar-refractivity contribution in [2.45, 2.75) is 32.6 Å². The summed E-state index contributed by atoms with van der Waals surface area (Å²) in [6, 6.07) is 0. The number of ether oxygens (including phenoxy) is 1. The first-order chi connectivity index (χ1) is 6.27. The first-order valence-electron chi connectivity index (χ1n) is 4.79. The fourth-order valence-corrected chi connectivity index (χ4v) is 1.62. The molecule has 0 amide bonds. The summed E-state index contributed by atoms with van der Waals surface area (Å²) in [4.78, 5) is 4.41. The minimum absolute atomic E-state index is 0.473. The minimum Gasteiger partial charge on any atom is -0.445 e. The van der Waals surface area contributed by atoms with Gasteiger partial charge in [0.15, 0.2) is 5.89 Å². The van der Waals surface area contributed by atoms with Crippen molar-refractivity contribution in [2.24, 2.45) is 0 Å². The van der Waals surface area contributed by atoms with E-state index in [1.807, 2.05) is 13.8 Å². The van der Waals surface area contributed by atoms with E-state index in [2.05, 4.69) is 4.98 Å². The second-order valence-electron chi connectivity index (χ2n) is 3.58. The molecule has 0 saturated carbocycles. The third kappa shape index (κ3) is 1.75. The largest absolute Gasteiger partial charge is 0.445 e. The molecule has 0 spiro atoms. The Morgan fingerprint density at radius 2 is 1.92 bits per heavy atom. The van der Waals surface area contributed by atoms with Gasteiger partial charge in [-0.2, -0.15) is 0 Å². The van der Waals surface area contributed by atoms with Gasteiger partial charge in [0.05, 0.1) is 5.69 Å². The van der Waals surface area contributed by atoms with Crippen molar-refractivity contribution in [1.82, 2.24) is 4.98 Å². The standard InChI is InChI=1S/C10H15NO2/c1-7-8(2)13-10(11-7)9-3-5-12-6-4-9/h9H,3-6H2,1-2H3. The molecule has 1 fully saturated rings. The van der Waals surface area contributed by atoms with E-state index in [1.165, 1.54) is 0 Å². The van der Waals surface area contributed by atoms with E-state index in [4.69, 9.17) is 9.15 Å². The first kappa shape index (κ1) is 8.75. The minimum atomic E-state index is 0.473. The van der Waals surface area contributed by atoms with Gasteiger partial charge in [0, 0.05) is 19.1 Å². The van der Waals surface area contributed by atoms with Gasteiger partial charge in [-0.1, -0.05) is 0 Å². The molecule has 0 aromatic carbocycles. The Kier molecular flexibility index (Phi) is 2.36. The summed E-state index contributed by atoms with van der Waals surface area (Å²) in [5.41, 5.74) is 1.02. The van der Waals surface area contributed by atoms with Gasteiger partial charge in [-0.3, -0.25) is 0 Å². The molecule has 1 saturated heterocycles. The fourth-order valence-electron chi connectivity index (χ4n) is 1.62. The SMILES string of the molecule is Cc1nc(C2CCOCC2)oc1C. The normalized spacial score (nSPS) is 19.2. The van der Waals surface area contributed by atoms with Gasteiger partial charge in [0.25, 0.3) is 0 Å². The lowest BCUT2D eigenvalue weighted by Gasteiger charge is -2.18. The molecule has 2 heterocycles. The highest BCUT2D eigenvalue weighted by Gasteiger charge is 2.21. The highest BCUT2D eigenvalue weighted by Crippen LogP contribution is 2.27. The maximum absolute atomic E-state index is 5.59. The quantitative estimate of drug-likeness (QED) is 0.666. The Morgan fingerprint density at radius 1 is 1.23 bits per heavy atom. The van der Waals surface area contributed by atoms with Crippen LogP contribution >= 0.6 is 0 Å². The number of hydrogen-bond acceptors (Lipinski definition) is 3. The van der Waals surface area contributed by atoms with Crippen molar-refractivity contribution in [2.75, 3.05) is 13.2 Å². The number of aryl methyl sites for hydroxylation is 2. The summed E-state index contributed by atoms with van der Waals surface area (Å²) in [7, 11) is 0. The van der Waals surface area contributed by atoms with Crippen LogP contribution in [0.15, 0.2) is 4.42 Å². The third-order valence-electron chi connectivity index (χ3n) is 2.62. The zero-order chi connectivity index (χ0) is 9.26. The molecule has 0 bridgehead atoms. The summed E-state index contributed by atoms with van der Waals surface area (Å²) in [5.74, 6) is 2.32. The van der Waals surface area contributed by atoms with Crippen LogP contribution < -0.4 is 0 Å². The first-order valence-corrected chi connectivity index (χ1v) is 4.79. The number of oxazole rings is 1. The molecule has 1 aliphatic heterocycles. The maximum atomic E-state index is 5.59. The molecule has 72 valence electrons. The Bertz CT molecular complexity index is 268. The second kappa shape index (κ2) is 3.50. The van der Waals surface area contributed by atoms with Gasteiger partial charge in [-0.25, -0.2) is 4.98 Å². The molecular formula is C10H15NO2. The highest BCUT2D eigenvalue weighted by molar-refractivity contribution is 5.08. The van der Waals surface area contributed by atoms with Crippen molar-refractivity contribution >= 4 is 0 Å². The summed E-state index contributed by atoms with van der Waals surface area (Å²) in [6.45, 7) is 5.63. The topological polar surface area (TPSA) is 35.3 Å². The van der Waals surface area contributed by atoms with Crippen LogP contribution in [-0.2, 0) is 4.74 Å². The third-order valence-corrected chi connectivity index (χ3v) is 2.62. The Balaban J connectivity index is 2.14. The van der Waals surface area contributed by atoms with Crippen molar-refractivity contribution < 1.29 is 9.15 Å². The van der Waals surface area contributed by atoms with Crippen LogP contribution in [-0.4, -0.2) is 18.2 Å². The van der Waals surface area contributed by atoms with Gasteiger partial charge in [0.1, 0.15) is 5.76 Å². The van der Waals surface area contributed by atoms with Crippen molar-refractivity contribution in [3.05, 3.63) is 17.3 Å². The molecule has 1 aliphatic rings. The van der Waals surface area contributed by atoms with E-state index in [0.717, 1.165) is 43.4 Å². The molecule has 13 heavy (non-hydrogen) atoms. The lowest BCUT2D eigenvalue weighted by atomic mass is 10.0. The van der Waals surface area contributed by atoms with Crippen LogP contribution in [0.5, 0.6) is 0 Å². The zero-order valence-electron chi connectivity index (χ0n) is 8.17. The Labute approximate surface area is 78.1 Å². The van der Waals surface area contributed by atoms with E-state index in [9.17, 15) is 0 Å². The predicted octanol–water partition coefficient (Wildman–Crippen LogP) is 2.19. The summed E-state index contributed by atoms with van der Waals surface area (Å²) >= 11 is 0. The molecule has 1 aromatic heterocycles. The number of aromatic nitrogens is 1. The van der Waals surface area contributed by atoms with Crippen LogP contribution in [0.4, 0.5) is 0 Å². The van der Waals surface area contributed by atoms with E-state index < -0.39 is 0 Å². The van der Waals surface area contributed by atoms with Crippen molar-refractivity contribution in [3.63, 3.8) is 0 Å². The average Bonchev–Trinajstić information content (AvgIpc) is 2.49. The van der Waals surface area contributed by atoms with Gasteiger partial charge in [0.2, 0.25) is 0 Å². The van der Waals surface area contributed by atoms with Crippen LogP contribution in [0.25, 0.3) is 0 Å². The van der Waals surface area contributed by atoms with Crippen LogP contribution in [0, 0.1) is 13.8 Å². The number of hydrogen-bond donors (Lipinski definition) is 0. The van der Waals surface area contributed by atoms with Crippen LogP contribution in [0.3, 0.4) is 0 Å². The molecule has 3 nitrogen and oxygen atoms in total. The lowest BCUT2D eigenvalue weighted by molar-refractivity contribution is 0.0792. The number of nitrogens with zero attached hydrogens (tertiary/aromatic N) is 1. The molecule has 3 heteroatoms. The molecule has 0 aliphatic carbocycles.